The highest BCUT2D eigenvalue weighted by Crippen LogP contribution is 2.32. The van der Waals surface area contributed by atoms with Gasteiger partial charge in [-0.05, 0) is 18.2 Å². The average Bonchev–Trinajstić information content (AvgIpc) is 2.45. The number of nitrogens with zero attached hydrogens (tertiary/aromatic N) is 1. The van der Waals surface area contributed by atoms with Gasteiger partial charge in [0.15, 0.2) is 0 Å². The largest absolute Gasteiger partial charge is 0.508 e. The molecule has 0 heterocycles. The molecule has 2 aromatic rings. The van der Waals surface area contributed by atoms with E-state index in [1.165, 1.54) is 37.4 Å². The first kappa shape index (κ1) is 14.9. The van der Waals surface area contributed by atoms with Crippen molar-refractivity contribution >= 4 is 17.3 Å². The summed E-state index contributed by atoms with van der Waals surface area (Å²) in [5.74, 6) is 0.685. The summed E-state index contributed by atoms with van der Waals surface area (Å²) in [5.41, 5.74) is 0.221. The molecule has 0 atom stereocenters. The predicted octanol–water partition coefficient (Wildman–Crippen LogP) is 3.54. The number of rotatable bonds is 5. The molecule has 2 rings (SSSR count). The number of aromatic hydroxyl groups is 1. The first-order valence-electron chi connectivity index (χ1n) is 5.94. The van der Waals surface area contributed by atoms with Crippen molar-refractivity contribution in [3.05, 3.63) is 57.1 Å². The third-order valence-electron chi connectivity index (χ3n) is 2.81. The molecule has 0 aliphatic heterocycles. The molecule has 0 aromatic heterocycles. The van der Waals surface area contributed by atoms with Crippen LogP contribution in [0.4, 0.5) is 5.69 Å². The molecule has 0 saturated heterocycles. The van der Waals surface area contributed by atoms with Crippen LogP contribution in [0, 0.1) is 10.1 Å². The average molecular weight is 310 g/mol. The number of hydrogen-bond donors (Lipinski definition) is 1. The minimum Gasteiger partial charge on any atom is -0.508 e. The van der Waals surface area contributed by atoms with Crippen molar-refractivity contribution in [1.29, 1.82) is 0 Å². The lowest BCUT2D eigenvalue weighted by Gasteiger charge is -2.11. The van der Waals surface area contributed by atoms with Gasteiger partial charge in [-0.25, -0.2) is 0 Å². The zero-order valence-electron chi connectivity index (χ0n) is 11.1. The van der Waals surface area contributed by atoms with Crippen LogP contribution >= 0.6 is 11.6 Å². The van der Waals surface area contributed by atoms with Gasteiger partial charge in [-0.3, -0.25) is 10.1 Å². The van der Waals surface area contributed by atoms with E-state index in [0.29, 0.717) is 17.1 Å². The lowest BCUT2D eigenvalue weighted by atomic mass is 10.1. The fourth-order valence-corrected chi connectivity index (χ4v) is 2.05. The van der Waals surface area contributed by atoms with Crippen molar-refractivity contribution in [3.8, 4) is 17.2 Å². The van der Waals surface area contributed by atoms with Crippen LogP contribution in [0.1, 0.15) is 5.56 Å². The van der Waals surface area contributed by atoms with Gasteiger partial charge in [0.05, 0.1) is 17.1 Å². The zero-order chi connectivity index (χ0) is 15.4. The Morgan fingerprint density at radius 1 is 1.29 bits per heavy atom. The lowest BCUT2D eigenvalue weighted by molar-refractivity contribution is -0.385. The number of methoxy groups -OCH3 is 1. The molecule has 0 amide bonds. The molecule has 0 aliphatic carbocycles. The molecule has 0 aliphatic rings. The van der Waals surface area contributed by atoms with Gasteiger partial charge in [-0.1, -0.05) is 17.7 Å². The minimum absolute atomic E-state index is 0.00984. The normalized spacial score (nSPS) is 10.2. The van der Waals surface area contributed by atoms with Crippen LogP contribution in [0.2, 0.25) is 5.02 Å². The van der Waals surface area contributed by atoms with Crippen molar-refractivity contribution in [1.82, 2.24) is 0 Å². The summed E-state index contributed by atoms with van der Waals surface area (Å²) in [7, 11) is 1.43. The minimum atomic E-state index is -0.500. The fourth-order valence-electron chi connectivity index (χ4n) is 1.82. The number of nitro groups is 1. The number of ether oxygens (including phenoxy) is 2. The summed E-state index contributed by atoms with van der Waals surface area (Å²) in [6.07, 6.45) is 0. The van der Waals surface area contributed by atoms with E-state index in [4.69, 9.17) is 21.1 Å². The Bertz CT molecular complexity index is 674. The summed E-state index contributed by atoms with van der Waals surface area (Å²) < 4.78 is 10.6. The van der Waals surface area contributed by atoms with Gasteiger partial charge in [0.2, 0.25) is 0 Å². The number of nitro benzene ring substituents is 1. The highest BCUT2D eigenvalue weighted by Gasteiger charge is 2.19. The van der Waals surface area contributed by atoms with Gasteiger partial charge in [0.25, 0.3) is 5.69 Å². The van der Waals surface area contributed by atoms with Crippen LogP contribution in [-0.2, 0) is 6.61 Å². The molecule has 0 saturated carbocycles. The second-order valence-electron chi connectivity index (χ2n) is 4.12. The number of benzene rings is 2. The van der Waals surface area contributed by atoms with Crippen molar-refractivity contribution in [3.63, 3.8) is 0 Å². The Morgan fingerprint density at radius 2 is 2.05 bits per heavy atom. The summed E-state index contributed by atoms with van der Waals surface area (Å²) in [6, 6.07) is 8.75. The maximum atomic E-state index is 11.0. The molecule has 2 aromatic carbocycles. The van der Waals surface area contributed by atoms with Crippen LogP contribution in [0.15, 0.2) is 36.4 Å². The molecule has 7 heteroatoms. The first-order chi connectivity index (χ1) is 10.0. The SMILES string of the molecule is COc1cccc([N+](=O)[O-])c1COc1ccc(O)cc1Cl. The molecule has 6 nitrogen and oxygen atoms in total. The van der Waals surface area contributed by atoms with Gasteiger partial charge < -0.3 is 14.6 Å². The van der Waals surface area contributed by atoms with Crippen molar-refractivity contribution in [2.45, 2.75) is 6.61 Å². The standard InChI is InChI=1S/C14H12ClNO5/c1-20-13-4-2-3-12(16(18)19)10(13)8-21-14-6-5-9(17)7-11(14)15/h2-7,17H,8H2,1H3. The Labute approximate surface area is 125 Å². The fraction of sp³-hybridized carbons (Fsp3) is 0.143. The molecule has 1 N–H and O–H groups in total. The molecule has 21 heavy (non-hydrogen) atoms. The van der Waals surface area contributed by atoms with Gasteiger partial charge >= 0.3 is 0 Å². The smallest absolute Gasteiger partial charge is 0.279 e. The van der Waals surface area contributed by atoms with Gasteiger partial charge in [0, 0.05) is 12.1 Å². The predicted molar refractivity (Wildman–Crippen MR) is 77.1 cm³/mol. The maximum Gasteiger partial charge on any atom is 0.279 e. The first-order valence-corrected chi connectivity index (χ1v) is 6.32. The van der Waals surface area contributed by atoms with E-state index in [2.05, 4.69) is 0 Å². The molecule has 0 bridgehead atoms. The topological polar surface area (TPSA) is 81.8 Å². The molecule has 0 spiro atoms. The second kappa shape index (κ2) is 6.32. The van der Waals surface area contributed by atoms with Crippen LogP contribution in [-0.4, -0.2) is 17.1 Å². The van der Waals surface area contributed by atoms with E-state index in [-0.39, 0.29) is 23.1 Å². The molecule has 110 valence electrons. The molecular formula is C14H12ClNO5. The number of phenolic OH excluding ortho intramolecular Hbond substituents is 1. The van der Waals surface area contributed by atoms with Crippen molar-refractivity contribution < 1.29 is 19.5 Å². The molecule has 0 radical (unpaired) electrons. The molecule has 0 unspecified atom stereocenters. The van der Waals surface area contributed by atoms with Crippen LogP contribution < -0.4 is 9.47 Å². The Kier molecular flexibility index (Phi) is 4.49. The Hall–Kier alpha value is -2.47. The summed E-state index contributed by atoms with van der Waals surface area (Å²) in [4.78, 5) is 10.5. The zero-order valence-corrected chi connectivity index (χ0v) is 11.8. The van der Waals surface area contributed by atoms with Crippen LogP contribution in [0.3, 0.4) is 0 Å². The lowest BCUT2D eigenvalue weighted by Crippen LogP contribution is -2.03. The van der Waals surface area contributed by atoms with Gasteiger partial charge in [-0.2, -0.15) is 0 Å². The molecule has 0 fully saturated rings. The van der Waals surface area contributed by atoms with Crippen LogP contribution in [0.5, 0.6) is 17.2 Å². The highest BCUT2D eigenvalue weighted by atomic mass is 35.5. The second-order valence-corrected chi connectivity index (χ2v) is 4.53. The number of hydrogen-bond acceptors (Lipinski definition) is 5. The summed E-state index contributed by atoms with van der Waals surface area (Å²) in [5, 5.41) is 20.5. The van der Waals surface area contributed by atoms with E-state index in [1.54, 1.807) is 6.07 Å². The number of phenols is 1. The van der Waals surface area contributed by atoms with Crippen molar-refractivity contribution in [2.24, 2.45) is 0 Å². The highest BCUT2D eigenvalue weighted by molar-refractivity contribution is 6.32. The third-order valence-corrected chi connectivity index (χ3v) is 3.11. The maximum absolute atomic E-state index is 11.0. The van der Waals surface area contributed by atoms with E-state index in [9.17, 15) is 15.2 Å². The number of halogens is 1. The monoisotopic (exact) mass is 309 g/mol. The quantitative estimate of drug-likeness (QED) is 0.674. The van der Waals surface area contributed by atoms with E-state index in [1.807, 2.05) is 0 Å². The van der Waals surface area contributed by atoms with E-state index >= 15 is 0 Å². The summed E-state index contributed by atoms with van der Waals surface area (Å²) >= 11 is 5.92. The van der Waals surface area contributed by atoms with Gasteiger partial charge in [0.1, 0.15) is 29.4 Å². The Morgan fingerprint density at radius 3 is 2.67 bits per heavy atom. The summed E-state index contributed by atoms with van der Waals surface area (Å²) in [6.45, 7) is -0.0785. The van der Waals surface area contributed by atoms with E-state index in [0.717, 1.165) is 0 Å². The van der Waals surface area contributed by atoms with E-state index < -0.39 is 4.92 Å². The molecular weight excluding hydrogens is 298 g/mol. The van der Waals surface area contributed by atoms with Crippen LogP contribution in [0.25, 0.3) is 0 Å². The van der Waals surface area contributed by atoms with Gasteiger partial charge in [-0.15, -0.1) is 0 Å². The third kappa shape index (κ3) is 3.35. The Balaban J connectivity index is 2.28. The van der Waals surface area contributed by atoms with Crippen molar-refractivity contribution in [2.75, 3.05) is 7.11 Å².